The Hall–Kier alpha value is -1.94. The molecule has 0 aromatic carbocycles. The van der Waals surface area contributed by atoms with Gasteiger partial charge in [-0.25, -0.2) is 9.13 Å². The molecule has 3 N–H and O–H groups in total. The molecular formula is C75H146O17P2. The van der Waals surface area contributed by atoms with Gasteiger partial charge in [0.25, 0.3) is 0 Å². The molecule has 0 radical (unpaired) electrons. The van der Waals surface area contributed by atoms with Gasteiger partial charge in [0, 0.05) is 25.7 Å². The first-order chi connectivity index (χ1) is 45.1. The summed E-state index contributed by atoms with van der Waals surface area (Å²) >= 11 is 0. The number of esters is 4. The van der Waals surface area contributed by atoms with Gasteiger partial charge in [0.2, 0.25) is 0 Å². The first-order valence-corrected chi connectivity index (χ1v) is 41.7. The number of carbonyl (C=O) groups excluding carboxylic acids is 4. The largest absolute Gasteiger partial charge is 0.472 e. The summed E-state index contributed by atoms with van der Waals surface area (Å²) in [4.78, 5) is 72.7. The van der Waals surface area contributed by atoms with E-state index in [0.29, 0.717) is 31.6 Å². The third-order valence-corrected chi connectivity index (χ3v) is 19.2. The number of hydrogen-bond donors (Lipinski definition) is 3. The van der Waals surface area contributed by atoms with Crippen LogP contribution in [0.1, 0.15) is 376 Å². The minimum Gasteiger partial charge on any atom is -0.462 e. The van der Waals surface area contributed by atoms with Gasteiger partial charge in [-0.1, -0.05) is 325 Å². The Balaban J connectivity index is 5.24. The van der Waals surface area contributed by atoms with Crippen molar-refractivity contribution in [2.24, 2.45) is 23.7 Å². The van der Waals surface area contributed by atoms with Gasteiger partial charge < -0.3 is 33.8 Å². The number of ether oxygens (including phenoxy) is 4. The molecule has 19 heteroatoms. The van der Waals surface area contributed by atoms with Gasteiger partial charge in [-0.05, 0) is 49.4 Å². The highest BCUT2D eigenvalue weighted by atomic mass is 31.2. The summed E-state index contributed by atoms with van der Waals surface area (Å²) in [6, 6.07) is 0. The maximum absolute atomic E-state index is 13.1. The zero-order valence-corrected chi connectivity index (χ0v) is 63.4. The number of carbonyl (C=O) groups is 4. The van der Waals surface area contributed by atoms with E-state index >= 15 is 0 Å². The smallest absolute Gasteiger partial charge is 0.462 e. The van der Waals surface area contributed by atoms with Crippen LogP contribution in [0.15, 0.2) is 0 Å². The fraction of sp³-hybridized carbons (Fsp3) is 0.947. The van der Waals surface area contributed by atoms with Crippen molar-refractivity contribution >= 4 is 39.5 Å². The molecule has 0 aromatic heterocycles. The Morgan fingerprint density at radius 1 is 0.266 bits per heavy atom. The van der Waals surface area contributed by atoms with Crippen LogP contribution in [0, 0.1) is 23.7 Å². The minimum absolute atomic E-state index is 0.103. The number of rotatable bonds is 72. The van der Waals surface area contributed by atoms with Crippen LogP contribution in [0.5, 0.6) is 0 Å². The molecule has 0 bridgehead atoms. The third kappa shape index (κ3) is 68.6. The second-order valence-electron chi connectivity index (χ2n) is 28.9. The monoisotopic (exact) mass is 1380 g/mol. The van der Waals surface area contributed by atoms with Crippen molar-refractivity contribution in [3.8, 4) is 0 Å². The van der Waals surface area contributed by atoms with E-state index in [-0.39, 0.29) is 25.7 Å². The molecule has 0 aliphatic carbocycles. The van der Waals surface area contributed by atoms with Gasteiger partial charge in [0.1, 0.15) is 19.3 Å². The van der Waals surface area contributed by atoms with Crippen molar-refractivity contribution in [1.82, 2.24) is 0 Å². The lowest BCUT2D eigenvalue weighted by atomic mass is 10.0. The number of aliphatic hydroxyl groups is 1. The molecule has 5 atom stereocenters. The van der Waals surface area contributed by atoms with E-state index in [2.05, 4.69) is 55.4 Å². The van der Waals surface area contributed by atoms with E-state index in [4.69, 9.17) is 37.0 Å². The van der Waals surface area contributed by atoms with Gasteiger partial charge in [0.15, 0.2) is 12.2 Å². The summed E-state index contributed by atoms with van der Waals surface area (Å²) < 4.78 is 68.5. The number of aliphatic hydroxyl groups excluding tert-OH is 1. The zero-order valence-electron chi connectivity index (χ0n) is 61.6. The van der Waals surface area contributed by atoms with Crippen LogP contribution in [0.2, 0.25) is 0 Å². The Morgan fingerprint density at radius 2 is 0.447 bits per heavy atom. The van der Waals surface area contributed by atoms with Gasteiger partial charge in [-0.15, -0.1) is 0 Å². The molecule has 0 rings (SSSR count). The van der Waals surface area contributed by atoms with E-state index in [9.17, 15) is 43.2 Å². The molecule has 3 unspecified atom stereocenters. The standard InChI is InChI=1S/C75H146O17P2/c1-65(2)51-43-35-27-20-16-12-10-9-11-13-19-23-32-41-49-57-74(79)91-70(61-85-72(77)55-47-39-31-22-18-15-14-17-21-28-36-44-52-66(3)4)63-89-93(81,82)87-59-69(76)60-88-94(83,84)90-64-71(62-86-73(78)56-48-40-34-26-30-38-46-54-68(7)8)92-75(80)58-50-42-33-25-24-29-37-45-53-67(5)6/h65-71,76H,9-64H2,1-8H3,(H,81,82)(H,83,84)/t69?,70-,71-/m1/s1. The second kappa shape index (κ2) is 64.4. The molecule has 17 nitrogen and oxygen atoms in total. The molecule has 0 spiro atoms. The van der Waals surface area contributed by atoms with E-state index < -0.39 is 97.5 Å². The molecule has 0 fully saturated rings. The van der Waals surface area contributed by atoms with Crippen molar-refractivity contribution in [1.29, 1.82) is 0 Å². The number of phosphoric ester groups is 2. The fourth-order valence-corrected chi connectivity index (χ4v) is 13.0. The first-order valence-electron chi connectivity index (χ1n) is 38.7. The normalized spacial score (nSPS) is 14.2. The lowest BCUT2D eigenvalue weighted by Gasteiger charge is -2.21. The molecular weight excluding hydrogens is 1230 g/mol. The predicted molar refractivity (Wildman–Crippen MR) is 381 cm³/mol. The van der Waals surface area contributed by atoms with Crippen molar-refractivity contribution in [2.45, 2.75) is 395 Å². The Labute approximate surface area is 575 Å². The quantitative estimate of drug-likeness (QED) is 0.0222. The Kier molecular flexibility index (Phi) is 63.1. The second-order valence-corrected chi connectivity index (χ2v) is 31.9. The molecule has 0 saturated heterocycles. The maximum Gasteiger partial charge on any atom is 0.472 e. The van der Waals surface area contributed by atoms with Crippen molar-refractivity contribution < 1.29 is 80.2 Å². The van der Waals surface area contributed by atoms with Gasteiger partial charge >= 0.3 is 39.5 Å². The Bertz CT molecular complexity index is 1850. The van der Waals surface area contributed by atoms with Crippen LogP contribution >= 0.6 is 15.6 Å². The van der Waals surface area contributed by atoms with E-state index in [1.165, 1.54) is 173 Å². The molecule has 0 saturated carbocycles. The molecule has 94 heavy (non-hydrogen) atoms. The van der Waals surface area contributed by atoms with Crippen LogP contribution in [-0.4, -0.2) is 96.7 Å². The SMILES string of the molecule is CC(C)CCCCCCCCCCCCCCCCCC(=O)O[C@H](COC(=O)CCCCCCCCCCCCCCC(C)C)COP(=O)(O)OCC(O)COP(=O)(O)OC[C@@H](COC(=O)CCCCCCCCCC(C)C)OC(=O)CCCCCCCCCCC(C)C. The number of phosphoric acid groups is 2. The topological polar surface area (TPSA) is 237 Å². The zero-order chi connectivity index (χ0) is 69.6. The number of unbranched alkanes of at least 4 members (excludes halogenated alkanes) is 38. The summed E-state index contributed by atoms with van der Waals surface area (Å²) in [7, 11) is -9.91. The van der Waals surface area contributed by atoms with E-state index in [1.807, 2.05) is 0 Å². The molecule has 0 amide bonds. The minimum atomic E-state index is -4.96. The molecule has 0 heterocycles. The van der Waals surface area contributed by atoms with Crippen LogP contribution in [0.4, 0.5) is 0 Å². The van der Waals surface area contributed by atoms with E-state index in [1.54, 1.807) is 0 Å². The highest BCUT2D eigenvalue weighted by molar-refractivity contribution is 7.47. The fourth-order valence-electron chi connectivity index (χ4n) is 11.4. The summed E-state index contributed by atoms with van der Waals surface area (Å²) in [5, 5.41) is 10.6. The van der Waals surface area contributed by atoms with Crippen LogP contribution in [0.25, 0.3) is 0 Å². The van der Waals surface area contributed by atoms with Crippen LogP contribution in [-0.2, 0) is 65.4 Å². The summed E-state index contributed by atoms with van der Waals surface area (Å²) in [6.45, 7) is 14.1. The third-order valence-electron chi connectivity index (χ3n) is 17.3. The molecule has 0 aliphatic rings. The maximum atomic E-state index is 13.1. The summed E-state index contributed by atoms with van der Waals surface area (Å²) in [6.07, 6.45) is 48.7. The van der Waals surface area contributed by atoms with Crippen molar-refractivity contribution in [2.75, 3.05) is 39.6 Å². The molecule has 0 aromatic rings. The lowest BCUT2D eigenvalue weighted by molar-refractivity contribution is -0.161. The van der Waals surface area contributed by atoms with Gasteiger partial charge in [0.05, 0.1) is 26.4 Å². The van der Waals surface area contributed by atoms with Gasteiger partial charge in [-0.3, -0.25) is 37.3 Å². The number of hydrogen-bond acceptors (Lipinski definition) is 15. The van der Waals surface area contributed by atoms with Crippen LogP contribution < -0.4 is 0 Å². The Morgan fingerprint density at radius 3 is 0.660 bits per heavy atom. The first kappa shape index (κ1) is 92.1. The highest BCUT2D eigenvalue weighted by Gasteiger charge is 2.30. The van der Waals surface area contributed by atoms with E-state index in [0.717, 1.165) is 114 Å². The summed E-state index contributed by atoms with van der Waals surface area (Å²) in [5.41, 5.74) is 0. The predicted octanol–water partition coefficient (Wildman–Crippen LogP) is 21.7. The average molecular weight is 1380 g/mol. The van der Waals surface area contributed by atoms with Gasteiger partial charge in [-0.2, -0.15) is 0 Å². The molecule has 0 aliphatic heterocycles. The lowest BCUT2D eigenvalue weighted by Crippen LogP contribution is -2.30. The highest BCUT2D eigenvalue weighted by Crippen LogP contribution is 2.45. The summed E-state index contributed by atoms with van der Waals surface area (Å²) in [5.74, 6) is 0.884. The van der Waals surface area contributed by atoms with Crippen LogP contribution in [0.3, 0.4) is 0 Å². The average Bonchev–Trinajstić information content (AvgIpc) is 1.36. The van der Waals surface area contributed by atoms with Crippen molar-refractivity contribution in [3.63, 3.8) is 0 Å². The van der Waals surface area contributed by atoms with Crippen molar-refractivity contribution in [3.05, 3.63) is 0 Å². The molecule has 558 valence electrons.